The third-order valence-corrected chi connectivity index (χ3v) is 8.39. The molecule has 1 aromatic heterocycles. The lowest BCUT2D eigenvalue weighted by atomic mass is 9.66. The van der Waals surface area contributed by atoms with E-state index in [0.717, 1.165) is 33.2 Å². The number of H-pyrrole nitrogens is 1. The summed E-state index contributed by atoms with van der Waals surface area (Å²) >= 11 is 0. The molecule has 1 saturated heterocycles. The number of benzene rings is 3. The molecule has 3 aliphatic rings. The maximum absolute atomic E-state index is 13.4. The van der Waals surface area contributed by atoms with Gasteiger partial charge in [-0.25, -0.2) is 0 Å². The number of fused-ring (bicyclic) bond motifs is 4. The Morgan fingerprint density at radius 3 is 2.36 bits per heavy atom. The van der Waals surface area contributed by atoms with Crippen LogP contribution in [0.4, 0.5) is 0 Å². The number of aromatic amines is 1. The molecule has 4 atom stereocenters. The summed E-state index contributed by atoms with van der Waals surface area (Å²) in [4.78, 5) is 29.9. The molecule has 0 radical (unpaired) electrons. The smallest absolute Gasteiger partial charge is 0.310 e. The third-order valence-electron chi connectivity index (χ3n) is 8.39. The molecule has 3 aromatic carbocycles. The molecule has 216 valence electrons. The Morgan fingerprint density at radius 2 is 1.64 bits per heavy atom. The SMILES string of the molecule is COc1cc([C@@H]2c3cc4c(cc3[C@H](OC(=O)Cc3ccc5cc[nH]c5c3)[C@H]3COC(=O)[C@H]23)OCO4)cc(OC)c1OC. The minimum atomic E-state index is -0.731. The van der Waals surface area contributed by atoms with Crippen LogP contribution >= 0.6 is 0 Å². The fraction of sp³-hybridized carbons (Fsp3) is 0.312. The highest BCUT2D eigenvalue weighted by atomic mass is 16.7. The highest BCUT2D eigenvalue weighted by Crippen LogP contribution is 2.56. The molecule has 0 spiro atoms. The lowest BCUT2D eigenvalue weighted by Gasteiger charge is -2.38. The van der Waals surface area contributed by atoms with Crippen LogP contribution in [0.15, 0.2) is 54.7 Å². The Morgan fingerprint density at radius 1 is 0.905 bits per heavy atom. The van der Waals surface area contributed by atoms with Gasteiger partial charge in [-0.1, -0.05) is 12.1 Å². The summed E-state index contributed by atoms with van der Waals surface area (Å²) in [7, 11) is 4.63. The highest BCUT2D eigenvalue weighted by molar-refractivity contribution is 5.82. The van der Waals surface area contributed by atoms with Crippen LogP contribution in [-0.4, -0.2) is 51.7 Å². The monoisotopic (exact) mass is 571 g/mol. The molecule has 4 aromatic rings. The Labute approximate surface area is 241 Å². The second-order valence-electron chi connectivity index (χ2n) is 10.6. The predicted octanol–water partition coefficient (Wildman–Crippen LogP) is 4.68. The largest absolute Gasteiger partial charge is 0.493 e. The van der Waals surface area contributed by atoms with E-state index < -0.39 is 29.8 Å². The van der Waals surface area contributed by atoms with Crippen molar-refractivity contribution in [2.24, 2.45) is 11.8 Å². The highest BCUT2D eigenvalue weighted by Gasteiger charge is 2.54. The minimum Gasteiger partial charge on any atom is -0.493 e. The van der Waals surface area contributed by atoms with Crippen molar-refractivity contribution in [3.8, 4) is 28.7 Å². The maximum Gasteiger partial charge on any atom is 0.310 e. The molecular weight excluding hydrogens is 542 g/mol. The first kappa shape index (κ1) is 26.1. The molecule has 10 nitrogen and oxygen atoms in total. The number of carbonyl (C=O) groups is 2. The third kappa shape index (κ3) is 4.17. The van der Waals surface area contributed by atoms with Gasteiger partial charge in [-0.2, -0.15) is 0 Å². The van der Waals surface area contributed by atoms with Crippen molar-refractivity contribution < 1.29 is 42.7 Å². The van der Waals surface area contributed by atoms with Gasteiger partial charge in [0.2, 0.25) is 12.5 Å². The van der Waals surface area contributed by atoms with E-state index in [1.807, 2.05) is 54.7 Å². The zero-order valence-electron chi connectivity index (χ0n) is 23.3. The van der Waals surface area contributed by atoms with Gasteiger partial charge in [0.15, 0.2) is 23.0 Å². The number of esters is 2. The Bertz CT molecular complexity index is 1680. The van der Waals surface area contributed by atoms with E-state index in [2.05, 4.69) is 4.98 Å². The van der Waals surface area contributed by atoms with Crippen molar-refractivity contribution >= 4 is 22.8 Å². The molecule has 0 bridgehead atoms. The fourth-order valence-electron chi connectivity index (χ4n) is 6.50. The fourth-order valence-corrected chi connectivity index (χ4v) is 6.50. The van der Waals surface area contributed by atoms with Crippen molar-refractivity contribution in [3.63, 3.8) is 0 Å². The van der Waals surface area contributed by atoms with Gasteiger partial charge >= 0.3 is 11.9 Å². The molecule has 3 heterocycles. The van der Waals surface area contributed by atoms with Crippen molar-refractivity contribution in [1.29, 1.82) is 0 Å². The van der Waals surface area contributed by atoms with E-state index in [0.29, 0.717) is 28.7 Å². The summed E-state index contributed by atoms with van der Waals surface area (Å²) in [5, 5.41) is 1.06. The second kappa shape index (κ2) is 10.2. The Kier molecular flexibility index (Phi) is 6.33. The molecule has 10 heteroatoms. The van der Waals surface area contributed by atoms with E-state index in [-0.39, 0.29) is 25.8 Å². The molecule has 1 aliphatic carbocycles. The van der Waals surface area contributed by atoms with Crippen LogP contribution in [0.25, 0.3) is 10.9 Å². The molecule has 1 fully saturated rings. The summed E-state index contributed by atoms with van der Waals surface area (Å²) in [6.07, 6.45) is 1.21. The molecular formula is C32H29NO9. The standard InChI is InChI=1S/C32H29NO9/c1-36-25-10-18(11-26(37-2)31(25)38-3)28-19-12-23-24(41-15-40-23)13-20(19)30(21-14-39-32(35)29(21)28)42-27(34)9-16-4-5-17-6-7-33-22(17)8-16/h4-8,10-13,21,28-30,33H,9,14-15H2,1-3H3/t21-,28+,29-,30-/m0/s1. The van der Waals surface area contributed by atoms with Gasteiger partial charge in [-0.05, 0) is 58.5 Å². The molecule has 2 aliphatic heterocycles. The number of carbonyl (C=O) groups excluding carboxylic acids is 2. The van der Waals surface area contributed by atoms with Crippen molar-refractivity contribution in [2.75, 3.05) is 34.7 Å². The van der Waals surface area contributed by atoms with Gasteiger partial charge < -0.3 is 38.1 Å². The minimum absolute atomic E-state index is 0.0770. The Balaban J connectivity index is 1.31. The summed E-state index contributed by atoms with van der Waals surface area (Å²) in [6, 6.07) is 15.2. The molecule has 7 rings (SSSR count). The average Bonchev–Trinajstić information content (AvgIpc) is 3.75. The lowest BCUT2D eigenvalue weighted by molar-refractivity contribution is -0.153. The first-order chi connectivity index (χ1) is 20.5. The number of hydrogen-bond acceptors (Lipinski definition) is 9. The van der Waals surface area contributed by atoms with Crippen molar-refractivity contribution in [3.05, 3.63) is 77.0 Å². The topological polar surface area (TPSA) is 115 Å². The molecule has 1 N–H and O–H groups in total. The predicted molar refractivity (Wildman–Crippen MR) is 149 cm³/mol. The van der Waals surface area contributed by atoms with Crippen LogP contribution in [0.1, 0.15) is 34.3 Å². The van der Waals surface area contributed by atoms with Crippen LogP contribution < -0.4 is 23.7 Å². The van der Waals surface area contributed by atoms with Crippen molar-refractivity contribution in [1.82, 2.24) is 4.98 Å². The number of cyclic esters (lactones) is 1. The zero-order chi connectivity index (χ0) is 29.0. The van der Waals surface area contributed by atoms with E-state index >= 15 is 0 Å². The van der Waals surface area contributed by atoms with Gasteiger partial charge in [0.25, 0.3) is 0 Å². The number of hydrogen-bond donors (Lipinski definition) is 1. The van der Waals surface area contributed by atoms with Crippen LogP contribution in [0.3, 0.4) is 0 Å². The number of ether oxygens (including phenoxy) is 7. The zero-order valence-corrected chi connectivity index (χ0v) is 23.3. The van der Waals surface area contributed by atoms with Crippen LogP contribution in [-0.2, 0) is 25.5 Å². The van der Waals surface area contributed by atoms with Gasteiger partial charge in [0.05, 0.1) is 40.3 Å². The van der Waals surface area contributed by atoms with E-state index in [9.17, 15) is 9.59 Å². The van der Waals surface area contributed by atoms with Gasteiger partial charge in [-0.3, -0.25) is 9.59 Å². The van der Waals surface area contributed by atoms with E-state index in [1.54, 1.807) is 14.2 Å². The summed E-state index contributed by atoms with van der Waals surface area (Å²) in [5.41, 5.74) is 4.05. The number of aromatic nitrogens is 1. The first-order valence-electron chi connectivity index (χ1n) is 13.6. The summed E-state index contributed by atoms with van der Waals surface area (Å²) in [6.45, 7) is 0.193. The van der Waals surface area contributed by atoms with E-state index in [1.165, 1.54) is 7.11 Å². The second-order valence-corrected chi connectivity index (χ2v) is 10.6. The van der Waals surface area contributed by atoms with Crippen LogP contribution in [0, 0.1) is 11.8 Å². The first-order valence-corrected chi connectivity index (χ1v) is 13.6. The van der Waals surface area contributed by atoms with Crippen molar-refractivity contribution in [2.45, 2.75) is 18.4 Å². The molecule has 0 saturated carbocycles. The summed E-state index contributed by atoms with van der Waals surface area (Å²) < 4.78 is 40.0. The lowest BCUT2D eigenvalue weighted by Crippen LogP contribution is -2.36. The molecule has 42 heavy (non-hydrogen) atoms. The molecule has 0 amide bonds. The van der Waals surface area contributed by atoms with E-state index in [4.69, 9.17) is 33.2 Å². The maximum atomic E-state index is 13.4. The van der Waals surface area contributed by atoms with Crippen LogP contribution in [0.2, 0.25) is 0 Å². The number of methoxy groups -OCH3 is 3. The average molecular weight is 572 g/mol. The van der Waals surface area contributed by atoms with Crippen LogP contribution in [0.5, 0.6) is 28.7 Å². The van der Waals surface area contributed by atoms with Gasteiger partial charge in [-0.15, -0.1) is 0 Å². The van der Waals surface area contributed by atoms with Gasteiger partial charge in [0.1, 0.15) is 6.10 Å². The summed E-state index contributed by atoms with van der Waals surface area (Å²) in [5.74, 6) is 0.194. The number of nitrogens with one attached hydrogen (secondary N) is 1. The number of rotatable bonds is 7. The van der Waals surface area contributed by atoms with Gasteiger partial charge in [0, 0.05) is 29.1 Å². The quantitative estimate of drug-likeness (QED) is 0.316. The Hall–Kier alpha value is -4.86. The normalized spacial score (nSPS) is 21.8. The molecule has 0 unspecified atom stereocenters.